The number of rotatable bonds is 4. The predicted octanol–water partition coefficient (Wildman–Crippen LogP) is 2.46. The molecule has 2 aliphatic rings. The first-order valence-electron chi connectivity index (χ1n) is 7.85. The monoisotopic (exact) mass is 278 g/mol. The quantitative estimate of drug-likeness (QED) is 0.916. The number of hydrogen-bond acceptors (Lipinski definition) is 5. The summed E-state index contributed by atoms with van der Waals surface area (Å²) in [5.74, 6) is 2.48. The smallest absolute Gasteiger partial charge is 0.243 e. The van der Waals surface area contributed by atoms with E-state index in [4.69, 9.17) is 10.3 Å². The number of hydrogen-bond donors (Lipinski definition) is 1. The molecule has 2 saturated heterocycles. The maximum atomic E-state index is 6.12. The van der Waals surface area contributed by atoms with Crippen LogP contribution in [0.3, 0.4) is 0 Å². The first-order valence-corrected chi connectivity index (χ1v) is 7.85. The van der Waals surface area contributed by atoms with Crippen LogP contribution < -0.4 is 5.73 Å². The van der Waals surface area contributed by atoms with Crippen molar-refractivity contribution in [3.63, 3.8) is 0 Å². The second-order valence-corrected chi connectivity index (χ2v) is 6.95. The minimum absolute atomic E-state index is 0.126. The average molecular weight is 278 g/mol. The Morgan fingerprint density at radius 3 is 2.55 bits per heavy atom. The van der Waals surface area contributed by atoms with Gasteiger partial charge in [-0.2, -0.15) is 4.98 Å². The molecule has 0 radical (unpaired) electrons. The van der Waals surface area contributed by atoms with Gasteiger partial charge < -0.3 is 15.2 Å². The van der Waals surface area contributed by atoms with E-state index >= 15 is 0 Å². The van der Waals surface area contributed by atoms with Crippen molar-refractivity contribution in [2.24, 2.45) is 11.7 Å². The van der Waals surface area contributed by atoms with E-state index in [2.05, 4.69) is 35.9 Å². The second kappa shape index (κ2) is 5.45. The molecule has 3 heterocycles. The highest BCUT2D eigenvalue weighted by atomic mass is 16.5. The van der Waals surface area contributed by atoms with Gasteiger partial charge in [0.2, 0.25) is 5.89 Å². The number of fused-ring (bicyclic) bond motifs is 2. The molecule has 0 aromatic carbocycles. The Bertz CT molecular complexity index is 444. The Morgan fingerprint density at radius 2 is 1.95 bits per heavy atom. The van der Waals surface area contributed by atoms with Gasteiger partial charge in [0.25, 0.3) is 0 Å². The molecule has 2 bridgehead atoms. The lowest BCUT2D eigenvalue weighted by Gasteiger charge is -2.34. The van der Waals surface area contributed by atoms with E-state index in [9.17, 15) is 0 Å². The van der Waals surface area contributed by atoms with E-state index in [0.717, 1.165) is 25.1 Å². The lowest BCUT2D eigenvalue weighted by atomic mass is 9.90. The molecular weight excluding hydrogens is 252 g/mol. The van der Waals surface area contributed by atoms with Crippen molar-refractivity contribution in [3.8, 4) is 0 Å². The Kier molecular flexibility index (Phi) is 3.82. The summed E-state index contributed by atoms with van der Waals surface area (Å²) in [7, 11) is 2.25. The minimum Gasteiger partial charge on any atom is -0.338 e. The first kappa shape index (κ1) is 14.0. The Labute approximate surface area is 120 Å². The molecule has 5 nitrogen and oxygen atoms in total. The molecule has 0 amide bonds. The highest BCUT2D eigenvalue weighted by Gasteiger charge is 2.40. The molecule has 3 unspecified atom stereocenters. The third-order valence-electron chi connectivity index (χ3n) is 4.96. The molecule has 0 spiro atoms. The molecule has 1 aromatic rings. The fourth-order valence-electron chi connectivity index (χ4n) is 3.79. The topological polar surface area (TPSA) is 68.2 Å². The molecule has 20 heavy (non-hydrogen) atoms. The van der Waals surface area contributed by atoms with Crippen LogP contribution in [0.2, 0.25) is 0 Å². The number of aromatic nitrogens is 2. The normalized spacial score (nSPS) is 31.9. The van der Waals surface area contributed by atoms with Gasteiger partial charge in [-0.3, -0.25) is 0 Å². The van der Waals surface area contributed by atoms with Gasteiger partial charge in [-0.05, 0) is 45.1 Å². The third kappa shape index (κ3) is 2.61. The van der Waals surface area contributed by atoms with E-state index in [1.54, 1.807) is 0 Å². The predicted molar refractivity (Wildman–Crippen MR) is 77.2 cm³/mol. The van der Waals surface area contributed by atoms with Crippen LogP contribution >= 0.6 is 0 Å². The molecule has 0 saturated carbocycles. The van der Waals surface area contributed by atoms with Crippen LogP contribution in [-0.4, -0.2) is 34.2 Å². The van der Waals surface area contributed by atoms with Crippen molar-refractivity contribution in [1.82, 2.24) is 15.0 Å². The molecular formula is C15H26N4O. The van der Waals surface area contributed by atoms with Crippen molar-refractivity contribution in [3.05, 3.63) is 11.7 Å². The van der Waals surface area contributed by atoms with Crippen LogP contribution in [0.1, 0.15) is 69.6 Å². The number of nitrogens with two attached hydrogens (primary N) is 1. The summed E-state index contributed by atoms with van der Waals surface area (Å²) >= 11 is 0. The summed E-state index contributed by atoms with van der Waals surface area (Å²) in [6.45, 7) is 4.32. The lowest BCUT2D eigenvalue weighted by molar-refractivity contribution is 0.157. The summed E-state index contributed by atoms with van der Waals surface area (Å²) in [4.78, 5) is 7.12. The van der Waals surface area contributed by atoms with Crippen LogP contribution in [0.15, 0.2) is 4.52 Å². The van der Waals surface area contributed by atoms with Gasteiger partial charge in [-0.15, -0.1) is 0 Å². The van der Waals surface area contributed by atoms with Crippen molar-refractivity contribution in [2.45, 2.75) is 70.0 Å². The second-order valence-electron chi connectivity index (χ2n) is 6.95. The molecule has 2 N–H and O–H groups in total. The van der Waals surface area contributed by atoms with E-state index in [0.29, 0.717) is 29.8 Å². The largest absolute Gasteiger partial charge is 0.338 e. The molecule has 1 aromatic heterocycles. The summed E-state index contributed by atoms with van der Waals surface area (Å²) in [6.07, 6.45) is 5.83. The summed E-state index contributed by atoms with van der Waals surface area (Å²) < 4.78 is 5.40. The average Bonchev–Trinajstić information content (AvgIpc) is 2.92. The van der Waals surface area contributed by atoms with Gasteiger partial charge in [0.05, 0.1) is 6.04 Å². The van der Waals surface area contributed by atoms with Crippen LogP contribution in [0.25, 0.3) is 0 Å². The van der Waals surface area contributed by atoms with Crippen molar-refractivity contribution in [1.29, 1.82) is 0 Å². The zero-order valence-corrected chi connectivity index (χ0v) is 12.7. The van der Waals surface area contributed by atoms with Gasteiger partial charge in [-0.1, -0.05) is 19.0 Å². The van der Waals surface area contributed by atoms with Gasteiger partial charge in [-0.25, -0.2) is 0 Å². The fraction of sp³-hybridized carbons (Fsp3) is 0.867. The maximum absolute atomic E-state index is 6.12. The lowest BCUT2D eigenvalue weighted by Crippen LogP contribution is -2.39. The van der Waals surface area contributed by atoms with Gasteiger partial charge in [0, 0.05) is 18.0 Å². The van der Waals surface area contributed by atoms with Crippen molar-refractivity contribution < 1.29 is 4.52 Å². The zero-order chi connectivity index (χ0) is 14.3. The molecule has 2 fully saturated rings. The van der Waals surface area contributed by atoms with Crippen LogP contribution in [0.5, 0.6) is 0 Å². The standard InChI is InChI=1S/C15H26N4O/c1-9(2)6-13(16)15-17-14(18-20-15)10-7-11-4-5-12(8-10)19(11)3/h9-13H,4-8,16H2,1-3H3. The number of piperidine rings is 1. The van der Waals surface area contributed by atoms with E-state index in [1.807, 2.05) is 0 Å². The molecule has 112 valence electrons. The summed E-state index contributed by atoms with van der Waals surface area (Å²) in [5.41, 5.74) is 6.12. The molecule has 3 rings (SSSR count). The molecule has 2 aliphatic heterocycles. The SMILES string of the molecule is CC(C)CC(N)c1nc(C2CC3CCC(C2)N3C)no1. The van der Waals surface area contributed by atoms with Crippen LogP contribution in [0, 0.1) is 5.92 Å². The van der Waals surface area contributed by atoms with E-state index < -0.39 is 0 Å². The van der Waals surface area contributed by atoms with Gasteiger partial charge in [0.15, 0.2) is 5.82 Å². The van der Waals surface area contributed by atoms with Gasteiger partial charge >= 0.3 is 0 Å². The minimum atomic E-state index is -0.126. The van der Waals surface area contributed by atoms with Crippen LogP contribution in [0.4, 0.5) is 0 Å². The highest BCUT2D eigenvalue weighted by Crippen LogP contribution is 2.41. The third-order valence-corrected chi connectivity index (χ3v) is 4.96. The Balaban J connectivity index is 1.68. The summed E-state index contributed by atoms with van der Waals surface area (Å²) in [6, 6.07) is 1.27. The van der Waals surface area contributed by atoms with E-state index in [1.165, 1.54) is 12.8 Å². The first-order chi connectivity index (χ1) is 9.54. The maximum Gasteiger partial charge on any atom is 0.243 e. The molecule has 0 aliphatic carbocycles. The van der Waals surface area contributed by atoms with Crippen molar-refractivity contribution in [2.75, 3.05) is 7.05 Å². The molecule has 3 atom stereocenters. The highest BCUT2D eigenvalue weighted by molar-refractivity contribution is 5.06. The van der Waals surface area contributed by atoms with E-state index in [-0.39, 0.29) is 6.04 Å². The van der Waals surface area contributed by atoms with Crippen molar-refractivity contribution >= 4 is 0 Å². The van der Waals surface area contributed by atoms with Gasteiger partial charge in [0.1, 0.15) is 0 Å². The zero-order valence-electron chi connectivity index (χ0n) is 12.7. The number of nitrogens with zero attached hydrogens (tertiary/aromatic N) is 3. The Hall–Kier alpha value is -0.940. The van der Waals surface area contributed by atoms with Crippen LogP contribution in [-0.2, 0) is 0 Å². The fourth-order valence-corrected chi connectivity index (χ4v) is 3.79. The Morgan fingerprint density at radius 1 is 1.30 bits per heavy atom. The molecule has 5 heteroatoms. The summed E-state index contributed by atoms with van der Waals surface area (Å²) in [5, 5.41) is 4.21.